The van der Waals surface area contributed by atoms with Gasteiger partial charge >= 0.3 is 5.97 Å². The second-order valence-electron chi connectivity index (χ2n) is 8.34. The molecule has 134 valence electrons. The number of Topliss-reactive ketones (excluding diaryl/α,β-unsaturated/α-hetero) is 1. The van der Waals surface area contributed by atoms with Crippen molar-refractivity contribution in [3.63, 3.8) is 0 Å². The molecule has 3 rings (SSSR count). The lowest BCUT2D eigenvalue weighted by molar-refractivity contribution is -0.298. The zero-order chi connectivity index (χ0) is 17.6. The number of esters is 1. The Morgan fingerprint density at radius 1 is 1.33 bits per heavy atom. The number of methoxy groups -OCH3 is 1. The van der Waals surface area contributed by atoms with E-state index in [4.69, 9.17) is 14.2 Å². The van der Waals surface area contributed by atoms with Gasteiger partial charge in [-0.05, 0) is 24.7 Å². The standard InChI is InChI=1S/C19H28O5/c1-5-6-7-19(16(21)22-4)14-10-18(9-13(14)8-15(19)20)23-11-17(2,3)12-24-18/h5,13-14H,1,6-12H2,2-4H3/t13-,14+,19+/m0/s1. The molecule has 1 aliphatic heterocycles. The van der Waals surface area contributed by atoms with E-state index in [0.29, 0.717) is 45.3 Å². The number of rotatable bonds is 4. The van der Waals surface area contributed by atoms with Crippen molar-refractivity contribution in [3.8, 4) is 0 Å². The lowest BCUT2D eigenvalue weighted by atomic mass is 9.72. The first kappa shape index (κ1) is 17.6. The Morgan fingerprint density at radius 3 is 2.58 bits per heavy atom. The Balaban J connectivity index is 1.86. The molecule has 5 heteroatoms. The minimum atomic E-state index is -1.06. The van der Waals surface area contributed by atoms with E-state index in [0.717, 1.165) is 0 Å². The van der Waals surface area contributed by atoms with Crippen molar-refractivity contribution >= 4 is 11.8 Å². The first-order valence-corrected chi connectivity index (χ1v) is 8.79. The van der Waals surface area contributed by atoms with Crippen LogP contribution in [0.1, 0.15) is 46.0 Å². The van der Waals surface area contributed by atoms with Gasteiger partial charge in [0.15, 0.2) is 11.6 Å². The summed E-state index contributed by atoms with van der Waals surface area (Å²) in [5.74, 6) is -0.979. The zero-order valence-corrected chi connectivity index (χ0v) is 14.9. The molecule has 0 aromatic rings. The molecule has 0 N–H and O–H groups in total. The maximum Gasteiger partial charge on any atom is 0.319 e. The number of allylic oxidation sites excluding steroid dienone is 1. The predicted molar refractivity (Wildman–Crippen MR) is 88.1 cm³/mol. The molecule has 0 aromatic carbocycles. The van der Waals surface area contributed by atoms with E-state index in [9.17, 15) is 9.59 Å². The smallest absolute Gasteiger partial charge is 0.319 e. The highest BCUT2D eigenvalue weighted by molar-refractivity contribution is 6.06. The quantitative estimate of drug-likeness (QED) is 0.449. The molecule has 2 aliphatic carbocycles. The van der Waals surface area contributed by atoms with Crippen LogP contribution in [0.15, 0.2) is 12.7 Å². The van der Waals surface area contributed by atoms with Crippen LogP contribution in [-0.2, 0) is 23.8 Å². The molecule has 1 spiro atoms. The molecule has 3 aliphatic rings. The molecule has 0 unspecified atom stereocenters. The van der Waals surface area contributed by atoms with Crippen molar-refractivity contribution in [3.05, 3.63) is 12.7 Å². The summed E-state index contributed by atoms with van der Waals surface area (Å²) in [6, 6.07) is 0. The summed E-state index contributed by atoms with van der Waals surface area (Å²) in [4.78, 5) is 25.4. The van der Waals surface area contributed by atoms with Crippen LogP contribution in [0, 0.1) is 22.7 Å². The topological polar surface area (TPSA) is 61.8 Å². The van der Waals surface area contributed by atoms with Crippen LogP contribution in [0.2, 0.25) is 0 Å². The van der Waals surface area contributed by atoms with E-state index in [2.05, 4.69) is 20.4 Å². The summed E-state index contributed by atoms with van der Waals surface area (Å²) in [6.07, 6.45) is 4.52. The molecule has 0 bridgehead atoms. The van der Waals surface area contributed by atoms with Crippen molar-refractivity contribution in [2.45, 2.75) is 51.7 Å². The zero-order valence-electron chi connectivity index (χ0n) is 14.9. The van der Waals surface area contributed by atoms with Crippen molar-refractivity contribution < 1.29 is 23.8 Å². The van der Waals surface area contributed by atoms with Gasteiger partial charge in [-0.2, -0.15) is 0 Å². The van der Waals surface area contributed by atoms with Crippen molar-refractivity contribution in [1.29, 1.82) is 0 Å². The average molecular weight is 336 g/mol. The van der Waals surface area contributed by atoms with Crippen molar-refractivity contribution in [1.82, 2.24) is 0 Å². The van der Waals surface area contributed by atoms with Gasteiger partial charge in [-0.15, -0.1) is 6.58 Å². The van der Waals surface area contributed by atoms with E-state index in [-0.39, 0.29) is 23.0 Å². The summed E-state index contributed by atoms with van der Waals surface area (Å²) in [5.41, 5.74) is -1.06. The van der Waals surface area contributed by atoms with Crippen LogP contribution in [-0.4, -0.2) is 37.9 Å². The van der Waals surface area contributed by atoms with E-state index in [1.54, 1.807) is 6.08 Å². The van der Waals surface area contributed by atoms with E-state index >= 15 is 0 Å². The summed E-state index contributed by atoms with van der Waals surface area (Å²) in [6.45, 7) is 9.24. The number of ether oxygens (including phenoxy) is 3. The molecule has 1 heterocycles. The lowest BCUT2D eigenvalue weighted by Crippen LogP contribution is -2.48. The fraction of sp³-hybridized carbons (Fsp3) is 0.789. The molecular formula is C19H28O5. The van der Waals surface area contributed by atoms with Gasteiger partial charge in [0.25, 0.3) is 0 Å². The second kappa shape index (κ2) is 5.95. The van der Waals surface area contributed by atoms with Gasteiger partial charge in [0, 0.05) is 24.7 Å². The highest BCUT2D eigenvalue weighted by Crippen LogP contribution is 2.60. The molecule has 5 nitrogen and oxygen atoms in total. The molecule has 24 heavy (non-hydrogen) atoms. The highest BCUT2D eigenvalue weighted by atomic mass is 16.7. The van der Waals surface area contributed by atoms with E-state index in [1.807, 2.05) is 0 Å². The van der Waals surface area contributed by atoms with Gasteiger partial charge in [0.2, 0.25) is 0 Å². The molecule has 3 fully saturated rings. The van der Waals surface area contributed by atoms with Crippen LogP contribution in [0.5, 0.6) is 0 Å². The van der Waals surface area contributed by atoms with Gasteiger partial charge < -0.3 is 14.2 Å². The molecule has 0 aromatic heterocycles. The van der Waals surface area contributed by atoms with Gasteiger partial charge in [0.05, 0.1) is 20.3 Å². The summed E-state index contributed by atoms with van der Waals surface area (Å²) < 4.78 is 17.3. The lowest BCUT2D eigenvalue weighted by Gasteiger charge is -2.42. The number of carbonyl (C=O) groups is 2. The summed E-state index contributed by atoms with van der Waals surface area (Å²) in [5, 5.41) is 0. The van der Waals surface area contributed by atoms with E-state index in [1.165, 1.54) is 7.11 Å². The molecule has 2 saturated carbocycles. The third kappa shape index (κ3) is 2.62. The number of fused-ring (bicyclic) bond motifs is 1. The van der Waals surface area contributed by atoms with Gasteiger partial charge in [0.1, 0.15) is 5.41 Å². The normalized spacial score (nSPS) is 36.5. The molecule has 1 saturated heterocycles. The Morgan fingerprint density at radius 2 is 2.00 bits per heavy atom. The Hall–Kier alpha value is -1.20. The maximum atomic E-state index is 12.8. The third-order valence-corrected chi connectivity index (χ3v) is 6.00. The van der Waals surface area contributed by atoms with Crippen LogP contribution in [0.4, 0.5) is 0 Å². The Labute approximate surface area is 143 Å². The number of carbonyl (C=O) groups excluding carboxylic acids is 2. The van der Waals surface area contributed by atoms with E-state index < -0.39 is 17.2 Å². The van der Waals surface area contributed by atoms with Crippen LogP contribution >= 0.6 is 0 Å². The minimum Gasteiger partial charge on any atom is -0.468 e. The molecule has 3 atom stereocenters. The molecule has 0 radical (unpaired) electrons. The SMILES string of the molecule is C=CCC[C@]1(C(=O)OC)C(=O)C[C@H]2CC3(C[C@H]21)OCC(C)(C)CO3. The Bertz CT molecular complexity index is 532. The fourth-order valence-corrected chi connectivity index (χ4v) is 4.72. The monoisotopic (exact) mass is 336 g/mol. The Kier molecular flexibility index (Phi) is 4.37. The highest BCUT2D eigenvalue weighted by Gasteiger charge is 2.66. The fourth-order valence-electron chi connectivity index (χ4n) is 4.72. The number of hydrogen-bond donors (Lipinski definition) is 0. The average Bonchev–Trinajstić information content (AvgIpc) is 3.01. The summed E-state index contributed by atoms with van der Waals surface area (Å²) >= 11 is 0. The predicted octanol–water partition coefficient (Wildman–Crippen LogP) is 2.88. The van der Waals surface area contributed by atoms with Gasteiger partial charge in [-0.1, -0.05) is 19.9 Å². The van der Waals surface area contributed by atoms with Crippen LogP contribution in [0.3, 0.4) is 0 Å². The van der Waals surface area contributed by atoms with Gasteiger partial charge in [-0.25, -0.2) is 0 Å². The van der Waals surface area contributed by atoms with Crippen molar-refractivity contribution in [2.24, 2.45) is 22.7 Å². The van der Waals surface area contributed by atoms with Crippen LogP contribution < -0.4 is 0 Å². The van der Waals surface area contributed by atoms with Crippen molar-refractivity contribution in [2.75, 3.05) is 20.3 Å². The number of ketones is 1. The summed E-state index contributed by atoms with van der Waals surface area (Å²) in [7, 11) is 1.36. The third-order valence-electron chi connectivity index (χ3n) is 6.00. The number of hydrogen-bond acceptors (Lipinski definition) is 5. The minimum absolute atomic E-state index is 0.00104. The largest absolute Gasteiger partial charge is 0.468 e. The van der Waals surface area contributed by atoms with Crippen LogP contribution in [0.25, 0.3) is 0 Å². The maximum absolute atomic E-state index is 12.8. The molecular weight excluding hydrogens is 308 g/mol. The van der Waals surface area contributed by atoms with Gasteiger partial charge in [-0.3, -0.25) is 9.59 Å². The molecule has 0 amide bonds. The first-order chi connectivity index (χ1) is 11.3. The first-order valence-electron chi connectivity index (χ1n) is 8.79. The second-order valence-corrected chi connectivity index (χ2v) is 8.34.